The molecule has 4 atom stereocenters. The number of ether oxygens (including phenoxy) is 1. The Hall–Kier alpha value is -1.89. The number of hydrogen-bond donors (Lipinski definition) is 2. The molecule has 3 heterocycles. The molecule has 2 aliphatic rings. The summed E-state index contributed by atoms with van der Waals surface area (Å²) < 4.78 is 7.40. The normalized spacial score (nSPS) is 29.8. The Balaban J connectivity index is 1.70. The van der Waals surface area contributed by atoms with Crippen LogP contribution in [0.5, 0.6) is 0 Å². The van der Waals surface area contributed by atoms with Crippen LogP contribution in [0.15, 0.2) is 0 Å². The molecule has 1 aromatic heterocycles. The maximum absolute atomic E-state index is 12.5. The monoisotopic (exact) mass is 307 g/mol. The van der Waals surface area contributed by atoms with Gasteiger partial charge in [0.25, 0.3) is 0 Å². The Bertz CT molecular complexity index is 625. The first kappa shape index (κ1) is 15.0. The summed E-state index contributed by atoms with van der Waals surface area (Å²) in [6, 6.07) is 0. The molecule has 2 saturated heterocycles. The smallest absolute Gasteiger partial charge is 0.310 e. The van der Waals surface area contributed by atoms with Crippen LogP contribution < -0.4 is 5.32 Å². The largest absolute Gasteiger partial charge is 0.481 e. The molecule has 2 aliphatic heterocycles. The van der Waals surface area contributed by atoms with Gasteiger partial charge in [-0.2, -0.15) is 5.10 Å². The van der Waals surface area contributed by atoms with E-state index in [1.807, 2.05) is 20.9 Å². The molecular formula is C15H21N3O4. The van der Waals surface area contributed by atoms with Crippen LogP contribution in [0, 0.1) is 25.7 Å². The molecule has 1 aromatic rings. The third-order valence-electron chi connectivity index (χ3n) is 4.96. The SMILES string of the molecule is Cc1nn(C)c(C)c1CNC(=O)[C@@H]1[C@@H](C(=O)O)[C@H]2CC[C@H]1O2. The predicted molar refractivity (Wildman–Crippen MR) is 77.0 cm³/mol. The van der Waals surface area contributed by atoms with Crippen molar-refractivity contribution in [3.8, 4) is 0 Å². The first-order valence-corrected chi connectivity index (χ1v) is 7.55. The minimum atomic E-state index is -0.943. The topological polar surface area (TPSA) is 93.5 Å². The van der Waals surface area contributed by atoms with E-state index < -0.39 is 17.8 Å². The summed E-state index contributed by atoms with van der Waals surface area (Å²) in [4.78, 5) is 23.9. The highest BCUT2D eigenvalue weighted by Crippen LogP contribution is 2.43. The van der Waals surface area contributed by atoms with Crippen molar-refractivity contribution < 1.29 is 19.4 Å². The first-order chi connectivity index (χ1) is 10.4. The number of nitrogens with zero attached hydrogens (tertiary/aromatic N) is 2. The lowest BCUT2D eigenvalue weighted by Crippen LogP contribution is -2.43. The van der Waals surface area contributed by atoms with Gasteiger partial charge in [0, 0.05) is 24.8 Å². The van der Waals surface area contributed by atoms with Crippen LogP contribution in [-0.2, 0) is 27.9 Å². The second-order valence-corrected chi connectivity index (χ2v) is 6.17. The van der Waals surface area contributed by atoms with Crippen molar-refractivity contribution >= 4 is 11.9 Å². The molecule has 22 heavy (non-hydrogen) atoms. The Morgan fingerprint density at radius 2 is 1.95 bits per heavy atom. The van der Waals surface area contributed by atoms with Crippen LogP contribution >= 0.6 is 0 Å². The number of aliphatic carboxylic acids is 1. The fraction of sp³-hybridized carbons (Fsp3) is 0.667. The van der Waals surface area contributed by atoms with Gasteiger partial charge in [-0.05, 0) is 26.7 Å². The number of carbonyl (C=O) groups is 2. The van der Waals surface area contributed by atoms with Crippen molar-refractivity contribution in [3.63, 3.8) is 0 Å². The summed E-state index contributed by atoms with van der Waals surface area (Å²) in [6.45, 7) is 4.21. The second kappa shape index (κ2) is 5.39. The van der Waals surface area contributed by atoms with Crippen molar-refractivity contribution in [3.05, 3.63) is 17.0 Å². The van der Waals surface area contributed by atoms with Gasteiger partial charge in [-0.1, -0.05) is 0 Å². The minimum absolute atomic E-state index is 0.234. The van der Waals surface area contributed by atoms with Crippen molar-refractivity contribution in [2.24, 2.45) is 18.9 Å². The van der Waals surface area contributed by atoms with Gasteiger partial charge in [-0.15, -0.1) is 0 Å². The van der Waals surface area contributed by atoms with E-state index in [0.29, 0.717) is 6.54 Å². The molecule has 0 aliphatic carbocycles. The van der Waals surface area contributed by atoms with E-state index in [1.165, 1.54) is 0 Å². The number of fused-ring (bicyclic) bond motifs is 2. The van der Waals surface area contributed by atoms with Gasteiger partial charge in [0.2, 0.25) is 5.91 Å². The number of nitrogens with one attached hydrogen (secondary N) is 1. The molecule has 1 amide bonds. The third-order valence-corrected chi connectivity index (χ3v) is 4.96. The number of aromatic nitrogens is 2. The molecule has 2 bridgehead atoms. The Morgan fingerprint density at radius 1 is 1.32 bits per heavy atom. The molecule has 0 aromatic carbocycles. The summed E-state index contributed by atoms with van der Waals surface area (Å²) >= 11 is 0. The first-order valence-electron chi connectivity index (χ1n) is 7.55. The average Bonchev–Trinajstić information content (AvgIpc) is 3.12. The van der Waals surface area contributed by atoms with E-state index in [1.54, 1.807) is 4.68 Å². The lowest BCUT2D eigenvalue weighted by Gasteiger charge is -2.23. The van der Waals surface area contributed by atoms with Crippen LogP contribution in [0.25, 0.3) is 0 Å². The molecule has 7 heteroatoms. The van der Waals surface area contributed by atoms with E-state index in [0.717, 1.165) is 29.8 Å². The summed E-state index contributed by atoms with van der Waals surface area (Å²) in [5.41, 5.74) is 2.85. The predicted octanol–water partition coefficient (Wildman–Crippen LogP) is 0.531. The van der Waals surface area contributed by atoms with Gasteiger partial charge >= 0.3 is 5.97 Å². The lowest BCUT2D eigenvalue weighted by molar-refractivity contribution is -0.147. The van der Waals surface area contributed by atoms with Crippen LogP contribution in [-0.4, -0.2) is 39.0 Å². The molecule has 0 radical (unpaired) electrons. The maximum Gasteiger partial charge on any atom is 0.310 e. The third kappa shape index (κ3) is 2.29. The summed E-state index contributed by atoms with van der Waals surface area (Å²) in [5.74, 6) is -2.49. The average molecular weight is 307 g/mol. The highest BCUT2D eigenvalue weighted by Gasteiger charge is 2.55. The molecule has 0 unspecified atom stereocenters. The summed E-state index contributed by atoms with van der Waals surface area (Å²) in [7, 11) is 1.86. The van der Waals surface area contributed by atoms with Crippen LogP contribution in [0.3, 0.4) is 0 Å². The van der Waals surface area contributed by atoms with E-state index in [-0.39, 0.29) is 18.1 Å². The zero-order valence-corrected chi connectivity index (χ0v) is 13.0. The molecule has 3 rings (SSSR count). The van der Waals surface area contributed by atoms with Gasteiger partial charge in [0.15, 0.2) is 0 Å². The lowest BCUT2D eigenvalue weighted by atomic mass is 9.78. The zero-order chi connectivity index (χ0) is 16.0. The molecule has 120 valence electrons. The fourth-order valence-corrected chi connectivity index (χ4v) is 3.69. The van der Waals surface area contributed by atoms with Gasteiger partial charge in [-0.25, -0.2) is 0 Å². The van der Waals surface area contributed by atoms with Crippen LogP contribution in [0.4, 0.5) is 0 Å². The van der Waals surface area contributed by atoms with Crippen molar-refractivity contribution in [2.45, 2.75) is 45.4 Å². The highest BCUT2D eigenvalue weighted by atomic mass is 16.5. The zero-order valence-electron chi connectivity index (χ0n) is 13.0. The molecule has 0 saturated carbocycles. The van der Waals surface area contributed by atoms with Crippen LogP contribution in [0.2, 0.25) is 0 Å². The molecule has 7 nitrogen and oxygen atoms in total. The summed E-state index contributed by atoms with van der Waals surface area (Å²) in [6.07, 6.45) is 0.909. The molecule has 0 spiro atoms. The molecule has 2 fully saturated rings. The highest BCUT2D eigenvalue weighted by molar-refractivity contribution is 5.86. The quantitative estimate of drug-likeness (QED) is 0.846. The minimum Gasteiger partial charge on any atom is -0.481 e. The van der Waals surface area contributed by atoms with E-state index >= 15 is 0 Å². The Kier molecular flexibility index (Phi) is 3.68. The number of carboxylic acids is 1. The summed E-state index contributed by atoms with van der Waals surface area (Å²) in [5, 5.41) is 16.5. The van der Waals surface area contributed by atoms with E-state index in [2.05, 4.69) is 10.4 Å². The van der Waals surface area contributed by atoms with Crippen molar-refractivity contribution in [1.82, 2.24) is 15.1 Å². The molecule has 2 N–H and O–H groups in total. The number of amides is 1. The van der Waals surface area contributed by atoms with Gasteiger partial charge in [0.05, 0.1) is 29.7 Å². The number of carbonyl (C=O) groups excluding carboxylic acids is 1. The van der Waals surface area contributed by atoms with Gasteiger partial charge in [-0.3, -0.25) is 14.3 Å². The number of rotatable bonds is 4. The van der Waals surface area contributed by atoms with Crippen molar-refractivity contribution in [1.29, 1.82) is 0 Å². The second-order valence-electron chi connectivity index (χ2n) is 6.17. The fourth-order valence-electron chi connectivity index (χ4n) is 3.69. The number of hydrogen-bond acceptors (Lipinski definition) is 4. The maximum atomic E-state index is 12.5. The van der Waals surface area contributed by atoms with Gasteiger partial charge < -0.3 is 15.2 Å². The van der Waals surface area contributed by atoms with Crippen LogP contribution in [0.1, 0.15) is 29.8 Å². The molecular weight excluding hydrogens is 286 g/mol. The Morgan fingerprint density at radius 3 is 2.50 bits per heavy atom. The van der Waals surface area contributed by atoms with E-state index in [4.69, 9.17) is 4.74 Å². The standard InChI is InChI=1S/C15H21N3O4/c1-7-9(8(2)18(3)17-7)6-16-14(19)12-10-4-5-11(22-10)13(12)15(20)21/h10-13H,4-6H2,1-3H3,(H,16,19)(H,20,21)/t10-,11-,12+,13+/m1/s1. The Labute approximate surface area is 128 Å². The van der Waals surface area contributed by atoms with Gasteiger partial charge in [0.1, 0.15) is 0 Å². The number of aryl methyl sites for hydroxylation is 2. The van der Waals surface area contributed by atoms with E-state index in [9.17, 15) is 14.7 Å². The number of carboxylic acid groups (broad SMARTS) is 1. The van der Waals surface area contributed by atoms with Crippen molar-refractivity contribution in [2.75, 3.05) is 0 Å².